The standard InChI is InChI=1S/C26H33N/c1-6-10-11-12-13-14-17-25(16-8-3)27-22-26(5)20-18-24(19-21-26)23(9-4)15-7-2/h1,7-9,11-16,18-20,25,27H,2,4,10,17,21-22H2,3,5H3/b12-11-,14-13-,16-8-,23-15+. The monoisotopic (exact) mass is 359 g/mol. The van der Waals surface area contributed by atoms with Crippen LogP contribution in [0.3, 0.4) is 0 Å². The van der Waals surface area contributed by atoms with Crippen molar-refractivity contribution in [3.8, 4) is 12.3 Å². The molecule has 0 aromatic rings. The zero-order valence-electron chi connectivity index (χ0n) is 16.8. The second-order valence-electron chi connectivity index (χ2n) is 6.93. The molecule has 1 N–H and O–H groups in total. The average molecular weight is 360 g/mol. The summed E-state index contributed by atoms with van der Waals surface area (Å²) in [6.07, 6.45) is 32.9. The molecule has 0 spiro atoms. The summed E-state index contributed by atoms with van der Waals surface area (Å²) in [5.74, 6) is 2.60. The molecule has 2 atom stereocenters. The number of terminal acetylenes is 1. The molecule has 27 heavy (non-hydrogen) atoms. The van der Waals surface area contributed by atoms with E-state index < -0.39 is 0 Å². The van der Waals surface area contributed by atoms with Crippen molar-refractivity contribution < 1.29 is 0 Å². The van der Waals surface area contributed by atoms with Crippen LogP contribution in [-0.4, -0.2) is 12.6 Å². The van der Waals surface area contributed by atoms with E-state index in [1.807, 2.05) is 24.3 Å². The van der Waals surface area contributed by atoms with Gasteiger partial charge in [0.25, 0.3) is 0 Å². The molecular formula is C26H33N. The van der Waals surface area contributed by atoms with Gasteiger partial charge >= 0.3 is 0 Å². The summed E-state index contributed by atoms with van der Waals surface area (Å²) in [4.78, 5) is 0. The lowest BCUT2D eigenvalue weighted by atomic mass is 9.80. The first-order chi connectivity index (χ1) is 13.1. The fraction of sp³-hybridized carbons (Fsp3) is 0.308. The Morgan fingerprint density at radius 1 is 1.37 bits per heavy atom. The Bertz CT molecular complexity index is 703. The van der Waals surface area contributed by atoms with Crippen molar-refractivity contribution in [3.05, 3.63) is 97.2 Å². The molecule has 2 unspecified atom stereocenters. The minimum atomic E-state index is 0.111. The maximum absolute atomic E-state index is 5.24. The van der Waals surface area contributed by atoms with Gasteiger partial charge in [-0.15, -0.1) is 12.3 Å². The van der Waals surface area contributed by atoms with Crippen molar-refractivity contribution >= 4 is 0 Å². The summed E-state index contributed by atoms with van der Waals surface area (Å²) < 4.78 is 0. The predicted octanol–water partition coefficient (Wildman–Crippen LogP) is 6.24. The highest BCUT2D eigenvalue weighted by Crippen LogP contribution is 2.31. The van der Waals surface area contributed by atoms with Crippen LogP contribution in [0.1, 0.15) is 33.1 Å². The van der Waals surface area contributed by atoms with E-state index in [0.29, 0.717) is 12.5 Å². The van der Waals surface area contributed by atoms with Gasteiger partial charge in [0, 0.05) is 24.4 Å². The van der Waals surface area contributed by atoms with Gasteiger partial charge in [0.05, 0.1) is 0 Å². The zero-order chi connectivity index (χ0) is 20.0. The minimum Gasteiger partial charge on any atom is -0.309 e. The Morgan fingerprint density at radius 2 is 2.15 bits per heavy atom. The third-order valence-electron chi connectivity index (χ3n) is 4.51. The molecule has 0 bridgehead atoms. The highest BCUT2D eigenvalue weighted by atomic mass is 14.9. The molecule has 0 heterocycles. The van der Waals surface area contributed by atoms with Gasteiger partial charge in [0.1, 0.15) is 0 Å². The van der Waals surface area contributed by atoms with Crippen molar-refractivity contribution in [3.63, 3.8) is 0 Å². The van der Waals surface area contributed by atoms with E-state index in [-0.39, 0.29) is 5.41 Å². The van der Waals surface area contributed by atoms with Crippen LogP contribution in [-0.2, 0) is 0 Å². The summed E-state index contributed by atoms with van der Waals surface area (Å²) in [7, 11) is 0. The number of nitrogens with one attached hydrogen (secondary N) is 1. The Morgan fingerprint density at radius 3 is 2.74 bits per heavy atom. The lowest BCUT2D eigenvalue weighted by Crippen LogP contribution is -2.36. The lowest BCUT2D eigenvalue weighted by molar-refractivity contribution is 0.378. The molecule has 1 nitrogen and oxygen atoms in total. The van der Waals surface area contributed by atoms with Crippen LogP contribution in [0.15, 0.2) is 97.2 Å². The molecule has 0 aromatic heterocycles. The van der Waals surface area contributed by atoms with Gasteiger partial charge in [-0.1, -0.05) is 93.0 Å². The summed E-state index contributed by atoms with van der Waals surface area (Å²) in [5, 5.41) is 3.69. The Labute approximate surface area is 166 Å². The highest BCUT2D eigenvalue weighted by Gasteiger charge is 2.23. The zero-order valence-corrected chi connectivity index (χ0v) is 16.8. The SMILES string of the molecule is C#CC/C=C\C=C/CC(/C=C\C)NCC1(C)C=CC(/C(C=C)=C/C=C)=CC1. The normalized spacial score (nSPS) is 21.5. The molecular weight excluding hydrogens is 326 g/mol. The van der Waals surface area contributed by atoms with Gasteiger partial charge < -0.3 is 5.32 Å². The number of allylic oxidation sites excluding steroid dienone is 11. The van der Waals surface area contributed by atoms with Crippen LogP contribution >= 0.6 is 0 Å². The summed E-state index contributed by atoms with van der Waals surface area (Å²) >= 11 is 0. The molecule has 1 heteroatoms. The smallest absolute Gasteiger partial charge is 0.0284 e. The van der Waals surface area contributed by atoms with Crippen LogP contribution in [0.25, 0.3) is 0 Å². The highest BCUT2D eigenvalue weighted by molar-refractivity contribution is 5.49. The van der Waals surface area contributed by atoms with E-state index in [4.69, 9.17) is 6.42 Å². The molecule has 0 saturated carbocycles. The fourth-order valence-corrected chi connectivity index (χ4v) is 2.87. The van der Waals surface area contributed by atoms with Crippen molar-refractivity contribution in [2.45, 2.75) is 39.2 Å². The topological polar surface area (TPSA) is 12.0 Å². The lowest BCUT2D eigenvalue weighted by Gasteiger charge is -2.30. The summed E-state index contributed by atoms with van der Waals surface area (Å²) in [6, 6.07) is 0.326. The number of hydrogen-bond donors (Lipinski definition) is 1. The van der Waals surface area contributed by atoms with E-state index in [2.05, 4.69) is 80.8 Å². The van der Waals surface area contributed by atoms with Gasteiger partial charge in [-0.2, -0.15) is 0 Å². The minimum absolute atomic E-state index is 0.111. The van der Waals surface area contributed by atoms with E-state index in [0.717, 1.165) is 25.0 Å². The maximum atomic E-state index is 5.24. The van der Waals surface area contributed by atoms with E-state index >= 15 is 0 Å². The van der Waals surface area contributed by atoms with Gasteiger partial charge in [-0.3, -0.25) is 0 Å². The van der Waals surface area contributed by atoms with Gasteiger partial charge in [0.15, 0.2) is 0 Å². The van der Waals surface area contributed by atoms with Crippen molar-refractivity contribution in [1.29, 1.82) is 0 Å². The van der Waals surface area contributed by atoms with Gasteiger partial charge in [0.2, 0.25) is 0 Å². The third kappa shape index (κ3) is 8.58. The molecule has 1 aliphatic carbocycles. The van der Waals surface area contributed by atoms with Gasteiger partial charge in [-0.05, 0) is 30.9 Å². The summed E-state index contributed by atoms with van der Waals surface area (Å²) in [6.45, 7) is 12.9. The first-order valence-electron chi connectivity index (χ1n) is 9.55. The van der Waals surface area contributed by atoms with Crippen LogP contribution in [0.5, 0.6) is 0 Å². The molecule has 1 aliphatic rings. The maximum Gasteiger partial charge on any atom is 0.0284 e. The first kappa shape index (κ1) is 22.5. The molecule has 0 radical (unpaired) electrons. The first-order valence-corrected chi connectivity index (χ1v) is 9.55. The predicted molar refractivity (Wildman–Crippen MR) is 121 cm³/mol. The van der Waals surface area contributed by atoms with Gasteiger partial charge in [-0.25, -0.2) is 0 Å². The Kier molecular flexibility index (Phi) is 10.6. The van der Waals surface area contributed by atoms with Crippen molar-refractivity contribution in [1.82, 2.24) is 5.32 Å². The second-order valence-corrected chi connectivity index (χ2v) is 6.93. The largest absolute Gasteiger partial charge is 0.309 e. The second kappa shape index (κ2) is 12.7. The summed E-state index contributed by atoms with van der Waals surface area (Å²) in [5.41, 5.74) is 2.44. The Balaban J connectivity index is 2.61. The van der Waals surface area contributed by atoms with E-state index in [9.17, 15) is 0 Å². The molecule has 0 aliphatic heterocycles. The third-order valence-corrected chi connectivity index (χ3v) is 4.51. The quantitative estimate of drug-likeness (QED) is 0.262. The van der Waals surface area contributed by atoms with Crippen molar-refractivity contribution in [2.24, 2.45) is 5.41 Å². The molecule has 0 fully saturated rings. The molecule has 1 rings (SSSR count). The van der Waals surface area contributed by atoms with Crippen LogP contribution in [0, 0.1) is 17.8 Å². The Hall–Kier alpha value is -2.56. The molecule has 0 aromatic carbocycles. The number of hydrogen-bond acceptors (Lipinski definition) is 1. The van der Waals surface area contributed by atoms with Crippen LogP contribution < -0.4 is 5.32 Å². The molecule has 0 amide bonds. The fourth-order valence-electron chi connectivity index (χ4n) is 2.87. The van der Waals surface area contributed by atoms with Crippen LogP contribution in [0.2, 0.25) is 0 Å². The van der Waals surface area contributed by atoms with E-state index in [1.54, 1.807) is 6.08 Å². The average Bonchev–Trinajstić information content (AvgIpc) is 2.68. The van der Waals surface area contributed by atoms with Crippen molar-refractivity contribution in [2.75, 3.05) is 6.54 Å². The molecule has 0 saturated heterocycles. The van der Waals surface area contributed by atoms with E-state index in [1.165, 1.54) is 5.57 Å². The molecule has 142 valence electrons. The van der Waals surface area contributed by atoms with Crippen LogP contribution in [0.4, 0.5) is 0 Å². The number of rotatable bonds is 11.